The Kier molecular flexibility index (Phi) is 13.6. The van der Waals surface area contributed by atoms with Crippen molar-refractivity contribution in [2.24, 2.45) is 11.8 Å². The lowest BCUT2D eigenvalue weighted by molar-refractivity contribution is -0.130. The van der Waals surface area contributed by atoms with Crippen LogP contribution in [-0.4, -0.2) is 97.9 Å². The van der Waals surface area contributed by atoms with E-state index >= 15 is 0 Å². The molecule has 1 atom stereocenters. The van der Waals surface area contributed by atoms with E-state index < -0.39 is 23.8 Å². The fourth-order valence-electron chi connectivity index (χ4n) is 7.55. The van der Waals surface area contributed by atoms with Crippen LogP contribution < -0.4 is 21.3 Å². The monoisotopic (exact) mass is 807 g/mol. The van der Waals surface area contributed by atoms with E-state index in [1.165, 1.54) is 4.90 Å². The molecule has 0 radical (unpaired) electrons. The van der Waals surface area contributed by atoms with Gasteiger partial charge in [0.05, 0.1) is 0 Å². The number of H-pyrrole nitrogens is 1. The first kappa shape index (κ1) is 42.3. The van der Waals surface area contributed by atoms with Crippen LogP contribution in [0.4, 0.5) is 15.3 Å². The van der Waals surface area contributed by atoms with Gasteiger partial charge in [-0.3, -0.25) is 14.4 Å². The number of amides is 5. The maximum absolute atomic E-state index is 13.9. The number of carbonyl (C=O) groups excluding carboxylic acids is 4. The number of tetrazole rings is 1. The maximum atomic E-state index is 13.9. The molecule has 2 heterocycles. The van der Waals surface area contributed by atoms with E-state index in [0.717, 1.165) is 40.7 Å². The maximum Gasteiger partial charge on any atom is 0.407 e. The molecule has 1 aliphatic carbocycles. The van der Waals surface area contributed by atoms with Crippen LogP contribution >= 0.6 is 0 Å². The van der Waals surface area contributed by atoms with Crippen molar-refractivity contribution in [2.75, 3.05) is 25.0 Å². The lowest BCUT2D eigenvalue weighted by Gasteiger charge is -2.30. The molecule has 4 aromatic rings. The summed E-state index contributed by atoms with van der Waals surface area (Å²) in [5.74, 6) is -0.346. The molecule has 1 saturated carbocycles. The Balaban J connectivity index is 1.09. The molecule has 16 nitrogen and oxygen atoms in total. The molecule has 59 heavy (non-hydrogen) atoms. The number of alkyl carbamates (subject to hydrolysis) is 1. The van der Waals surface area contributed by atoms with Crippen LogP contribution in [0.1, 0.15) is 80.8 Å². The summed E-state index contributed by atoms with van der Waals surface area (Å²) < 4.78 is 5.36. The number of benzene rings is 3. The predicted octanol–water partition coefficient (Wildman–Crippen LogP) is 5.71. The zero-order valence-electron chi connectivity index (χ0n) is 33.9. The Bertz CT molecular complexity index is 2080. The smallest absolute Gasteiger partial charge is 0.407 e. The van der Waals surface area contributed by atoms with E-state index in [2.05, 4.69) is 41.9 Å². The number of piperidine rings is 1. The van der Waals surface area contributed by atoms with Gasteiger partial charge in [-0.1, -0.05) is 30.3 Å². The van der Waals surface area contributed by atoms with Crippen LogP contribution in [0.2, 0.25) is 0 Å². The van der Waals surface area contributed by atoms with E-state index in [-0.39, 0.29) is 42.0 Å². The van der Waals surface area contributed by atoms with Gasteiger partial charge < -0.3 is 36.0 Å². The molecule has 16 heteroatoms. The van der Waals surface area contributed by atoms with Crippen LogP contribution in [0.15, 0.2) is 66.7 Å². The highest BCUT2D eigenvalue weighted by Crippen LogP contribution is 2.30. The lowest BCUT2D eigenvalue weighted by atomic mass is 9.81. The average Bonchev–Trinajstić information content (AvgIpc) is 3.76. The molecule has 5 amide bonds. The van der Waals surface area contributed by atoms with E-state index in [1.54, 1.807) is 30.3 Å². The number of hydrogen-bond acceptors (Lipinski definition) is 9. The summed E-state index contributed by atoms with van der Waals surface area (Å²) in [7, 11) is 0. The molecule has 0 spiro atoms. The quantitative estimate of drug-likeness (QED) is 0.102. The Hall–Kier alpha value is -6.32. The van der Waals surface area contributed by atoms with Crippen molar-refractivity contribution in [3.63, 3.8) is 0 Å². The Morgan fingerprint density at radius 3 is 2.19 bits per heavy atom. The number of anilines is 1. The number of carboxylic acid groups (broad SMARTS) is 1. The Morgan fingerprint density at radius 1 is 0.898 bits per heavy atom. The first-order valence-electron chi connectivity index (χ1n) is 20.1. The van der Waals surface area contributed by atoms with Crippen molar-refractivity contribution < 1.29 is 33.8 Å². The molecule has 2 fully saturated rings. The van der Waals surface area contributed by atoms with Crippen LogP contribution in [0.5, 0.6) is 0 Å². The van der Waals surface area contributed by atoms with Crippen molar-refractivity contribution in [3.05, 3.63) is 83.4 Å². The lowest BCUT2D eigenvalue weighted by Crippen LogP contribution is -2.48. The predicted molar refractivity (Wildman–Crippen MR) is 220 cm³/mol. The molecule has 1 aromatic heterocycles. The topological polar surface area (TPSA) is 221 Å². The summed E-state index contributed by atoms with van der Waals surface area (Å²) >= 11 is 0. The number of nitrogens with one attached hydrogen (secondary N) is 5. The minimum absolute atomic E-state index is 0.0838. The van der Waals surface area contributed by atoms with Crippen molar-refractivity contribution in [2.45, 2.75) is 90.3 Å². The number of hydrogen-bond donors (Lipinski definition) is 6. The SMILES string of the molecule is Cc1cc(C(=O)NC2CCN(C(=O)O)CC2)ccc1-c1ccc(C[C@H](NC(=O)[C@H]2CC[C@H](CNC(=O)OC(C)(C)C)CC2)C(=O)Nc2ccc(-c3nn[nH]n3)cc2)cc1. The number of ether oxygens (including phenoxy) is 1. The van der Waals surface area contributed by atoms with Gasteiger partial charge in [-0.05, 0) is 136 Å². The van der Waals surface area contributed by atoms with E-state index in [1.807, 2.05) is 64.1 Å². The fraction of sp³-hybridized carbons (Fsp3) is 0.442. The minimum Gasteiger partial charge on any atom is -0.465 e. The van der Waals surface area contributed by atoms with Gasteiger partial charge in [-0.25, -0.2) is 9.59 Å². The van der Waals surface area contributed by atoms with Gasteiger partial charge in [0.1, 0.15) is 11.6 Å². The van der Waals surface area contributed by atoms with Gasteiger partial charge in [0, 0.05) is 54.8 Å². The van der Waals surface area contributed by atoms with Crippen LogP contribution in [0, 0.1) is 18.8 Å². The van der Waals surface area contributed by atoms with Crippen LogP contribution in [0.25, 0.3) is 22.5 Å². The van der Waals surface area contributed by atoms with Crippen LogP contribution in [0.3, 0.4) is 0 Å². The van der Waals surface area contributed by atoms with Crippen molar-refractivity contribution in [3.8, 4) is 22.5 Å². The number of rotatable bonds is 12. The molecule has 1 saturated heterocycles. The second kappa shape index (κ2) is 19.0. The Labute approximate surface area is 343 Å². The van der Waals surface area contributed by atoms with E-state index in [9.17, 15) is 29.1 Å². The number of aromatic nitrogens is 4. The van der Waals surface area contributed by atoms with Gasteiger partial charge >= 0.3 is 12.2 Å². The molecule has 2 aliphatic rings. The second-order valence-electron chi connectivity index (χ2n) is 16.4. The van der Waals surface area contributed by atoms with Crippen LogP contribution in [-0.2, 0) is 20.7 Å². The number of aryl methyl sites for hydroxylation is 1. The van der Waals surface area contributed by atoms with Gasteiger partial charge in [0.15, 0.2) is 0 Å². The van der Waals surface area contributed by atoms with Gasteiger partial charge in [-0.2, -0.15) is 5.21 Å². The highest BCUT2D eigenvalue weighted by Gasteiger charge is 2.31. The third-order valence-electron chi connectivity index (χ3n) is 10.8. The summed E-state index contributed by atoms with van der Waals surface area (Å²) in [6.45, 7) is 8.66. The average molecular weight is 808 g/mol. The first-order chi connectivity index (χ1) is 28.2. The molecule has 0 unspecified atom stereocenters. The number of carbonyl (C=O) groups is 5. The number of likely N-dealkylation sites (tertiary alicyclic amines) is 1. The number of aromatic amines is 1. The molecule has 3 aromatic carbocycles. The third kappa shape index (κ3) is 11.9. The largest absolute Gasteiger partial charge is 0.465 e. The van der Waals surface area contributed by atoms with E-state index in [0.29, 0.717) is 62.4 Å². The summed E-state index contributed by atoms with van der Waals surface area (Å²) in [6.07, 6.45) is 2.79. The molecule has 0 bridgehead atoms. The van der Waals surface area contributed by atoms with Gasteiger partial charge in [0.25, 0.3) is 5.91 Å². The molecule has 6 rings (SSSR count). The summed E-state index contributed by atoms with van der Waals surface area (Å²) in [6, 6.07) is 19.4. The first-order valence-corrected chi connectivity index (χ1v) is 20.1. The van der Waals surface area contributed by atoms with E-state index in [4.69, 9.17) is 4.74 Å². The summed E-state index contributed by atoms with van der Waals surface area (Å²) in [5.41, 5.74) is 4.87. The fourth-order valence-corrected chi connectivity index (χ4v) is 7.55. The standard InChI is InChI=1S/C43H53N9O7/c1-26-23-32(39(54)45-34-19-21-52(22-20-34)42(57)58)15-18-35(26)29-9-5-27(6-10-29)24-36(40(55)46-33-16-13-30(14-17-33)37-48-50-51-49-37)47-38(53)31-11-7-28(8-12-31)25-44-41(56)59-43(2,3)4/h5-6,9-10,13-18,23,28,31,34,36H,7-8,11-12,19-22,24-25H2,1-4H3,(H,44,56)(H,45,54)(H,46,55)(H,47,53)(H,57,58)(H,48,49,50,51)/t28-,31-,36-/m0/s1. The molecule has 312 valence electrons. The molecular weight excluding hydrogens is 755 g/mol. The molecular formula is C43H53N9O7. The van der Waals surface area contributed by atoms with Crippen molar-refractivity contribution in [1.29, 1.82) is 0 Å². The Morgan fingerprint density at radius 2 is 1.58 bits per heavy atom. The van der Waals surface area contributed by atoms with Crippen molar-refractivity contribution >= 4 is 35.6 Å². The zero-order valence-corrected chi connectivity index (χ0v) is 33.9. The van der Waals surface area contributed by atoms with Gasteiger partial charge in [0.2, 0.25) is 17.6 Å². The van der Waals surface area contributed by atoms with Crippen molar-refractivity contribution in [1.82, 2.24) is 41.5 Å². The highest BCUT2D eigenvalue weighted by atomic mass is 16.6. The minimum atomic E-state index is -0.940. The van der Waals surface area contributed by atoms with Gasteiger partial charge in [-0.15, -0.1) is 10.2 Å². The highest BCUT2D eigenvalue weighted by molar-refractivity contribution is 5.98. The molecule has 1 aliphatic heterocycles. The summed E-state index contributed by atoms with van der Waals surface area (Å²) in [5, 5.41) is 35.1. The third-order valence-corrected chi connectivity index (χ3v) is 10.8. The summed E-state index contributed by atoms with van der Waals surface area (Å²) in [4.78, 5) is 65.4. The zero-order chi connectivity index (χ0) is 42.1. The normalized spacial score (nSPS) is 17.7. The molecule has 6 N–H and O–H groups in total. The second-order valence-corrected chi connectivity index (χ2v) is 16.4. The number of nitrogens with zero attached hydrogens (tertiary/aromatic N) is 4.